The third-order valence-electron chi connectivity index (χ3n) is 14.7. The van der Waals surface area contributed by atoms with Gasteiger partial charge in [-0.05, 0) is 172 Å². The van der Waals surface area contributed by atoms with Crippen LogP contribution in [0.25, 0.3) is 11.1 Å². The molecule has 0 spiro atoms. The van der Waals surface area contributed by atoms with Crippen molar-refractivity contribution >= 4 is 0 Å². The summed E-state index contributed by atoms with van der Waals surface area (Å²) in [4.78, 5) is 0. The first kappa shape index (κ1) is 45.5. The van der Waals surface area contributed by atoms with Crippen LogP contribution in [0.15, 0.2) is 66.7 Å². The number of rotatable bonds is 18. The zero-order valence-electron chi connectivity index (χ0n) is 37.5. The van der Waals surface area contributed by atoms with Gasteiger partial charge in [0, 0.05) is 0 Å². The van der Waals surface area contributed by atoms with Gasteiger partial charge in [0.05, 0.1) is 6.10 Å². The first-order chi connectivity index (χ1) is 27.8. The van der Waals surface area contributed by atoms with Gasteiger partial charge in [0.1, 0.15) is 0 Å². The van der Waals surface area contributed by atoms with Gasteiger partial charge < -0.3 is 4.74 Å². The van der Waals surface area contributed by atoms with Gasteiger partial charge in [-0.2, -0.15) is 0 Å². The van der Waals surface area contributed by atoms with E-state index in [1.54, 1.807) is 17.7 Å². The average molecular weight is 779 g/mol. The lowest BCUT2D eigenvalue weighted by Crippen LogP contribution is -2.25. The molecule has 0 radical (unpaired) electrons. The molecule has 3 aliphatic carbocycles. The van der Waals surface area contributed by atoms with Gasteiger partial charge >= 0.3 is 0 Å². The van der Waals surface area contributed by atoms with Gasteiger partial charge in [-0.15, -0.1) is 0 Å². The van der Waals surface area contributed by atoms with Crippen molar-refractivity contribution in [3.63, 3.8) is 0 Å². The van der Waals surface area contributed by atoms with E-state index in [4.69, 9.17) is 4.74 Å². The van der Waals surface area contributed by atoms with E-state index in [2.05, 4.69) is 83.1 Å². The van der Waals surface area contributed by atoms with Gasteiger partial charge in [-0.25, -0.2) is 4.39 Å². The molecule has 3 aromatic rings. The lowest BCUT2D eigenvalue weighted by Gasteiger charge is -2.38. The second-order valence-electron chi connectivity index (χ2n) is 19.2. The van der Waals surface area contributed by atoms with Gasteiger partial charge in [0.2, 0.25) is 0 Å². The Hall–Kier alpha value is -2.61. The van der Waals surface area contributed by atoms with E-state index in [0.717, 1.165) is 59.5 Å². The molecule has 2 heteroatoms. The van der Waals surface area contributed by atoms with E-state index in [1.165, 1.54) is 146 Å². The molecule has 316 valence electrons. The maximum Gasteiger partial charge on any atom is 0.165 e. The van der Waals surface area contributed by atoms with Crippen LogP contribution < -0.4 is 4.74 Å². The van der Waals surface area contributed by atoms with Crippen LogP contribution in [0, 0.1) is 35.4 Å². The topological polar surface area (TPSA) is 9.23 Å². The molecule has 0 amide bonds. The van der Waals surface area contributed by atoms with E-state index in [9.17, 15) is 4.39 Å². The van der Waals surface area contributed by atoms with Crippen LogP contribution in [0.1, 0.15) is 211 Å². The van der Waals surface area contributed by atoms with Crippen molar-refractivity contribution in [2.24, 2.45) is 29.6 Å². The Kier molecular flexibility index (Phi) is 19.5. The van der Waals surface area contributed by atoms with Crippen molar-refractivity contribution in [2.75, 3.05) is 0 Å². The molecule has 2 atom stereocenters. The molecule has 6 rings (SSSR count). The maximum atomic E-state index is 14.7. The monoisotopic (exact) mass is 779 g/mol. The van der Waals surface area contributed by atoms with E-state index < -0.39 is 0 Å². The van der Waals surface area contributed by atoms with Crippen LogP contribution >= 0.6 is 0 Å². The second-order valence-corrected chi connectivity index (χ2v) is 19.2. The zero-order valence-corrected chi connectivity index (χ0v) is 37.5. The molecular weight excluding hydrogens is 696 g/mol. The highest BCUT2D eigenvalue weighted by atomic mass is 19.1. The molecule has 3 aliphatic rings. The molecule has 0 aromatic heterocycles. The fourth-order valence-electron chi connectivity index (χ4n) is 10.8. The Labute approximate surface area is 350 Å². The summed E-state index contributed by atoms with van der Waals surface area (Å²) in [6, 6.07) is 23.9. The smallest absolute Gasteiger partial charge is 0.165 e. The van der Waals surface area contributed by atoms with Gasteiger partial charge in [0.25, 0.3) is 0 Å². The Morgan fingerprint density at radius 3 is 1.60 bits per heavy atom. The summed E-state index contributed by atoms with van der Waals surface area (Å²) in [6.07, 6.45) is 31.3. The molecule has 2 unspecified atom stereocenters. The van der Waals surface area contributed by atoms with Crippen LogP contribution in [-0.4, -0.2) is 6.10 Å². The molecule has 0 aliphatic heterocycles. The van der Waals surface area contributed by atoms with E-state index >= 15 is 0 Å². The number of benzene rings is 3. The van der Waals surface area contributed by atoms with Gasteiger partial charge in [-0.3, -0.25) is 0 Å². The Bertz CT molecular complexity index is 1500. The highest BCUT2D eigenvalue weighted by Crippen LogP contribution is 2.45. The summed E-state index contributed by atoms with van der Waals surface area (Å²) in [5, 5.41) is 0. The van der Waals surface area contributed by atoms with Crippen molar-refractivity contribution < 1.29 is 9.13 Å². The number of hydrogen-bond acceptors (Lipinski definition) is 1. The van der Waals surface area contributed by atoms with Gasteiger partial charge in [0.15, 0.2) is 11.6 Å². The van der Waals surface area contributed by atoms with E-state index in [1.807, 2.05) is 13.0 Å². The predicted molar refractivity (Wildman–Crippen MR) is 245 cm³/mol. The first-order valence-corrected chi connectivity index (χ1v) is 24.4. The van der Waals surface area contributed by atoms with Crippen LogP contribution in [0.3, 0.4) is 0 Å². The summed E-state index contributed by atoms with van der Waals surface area (Å²) in [7, 11) is 0. The molecule has 0 saturated heterocycles. The van der Waals surface area contributed by atoms with Crippen LogP contribution in [0.5, 0.6) is 5.75 Å². The van der Waals surface area contributed by atoms with Crippen molar-refractivity contribution in [1.82, 2.24) is 0 Å². The SMILES string of the molecule is CCCC1CCC(C2CCC(c3ccc(CC(C)CC)cc3)CC2)CC1.CCCCCCC(C)Oc1ccc(-c2ccc(C3CCC(CCC)CC3)cc2)cc1F. The number of hydrogen-bond donors (Lipinski definition) is 0. The van der Waals surface area contributed by atoms with Crippen molar-refractivity contribution in [2.45, 2.75) is 207 Å². The van der Waals surface area contributed by atoms with Crippen LogP contribution in [-0.2, 0) is 6.42 Å². The minimum atomic E-state index is -0.267. The lowest BCUT2D eigenvalue weighted by atomic mass is 9.68. The highest BCUT2D eigenvalue weighted by molar-refractivity contribution is 5.65. The Morgan fingerprint density at radius 2 is 1.07 bits per heavy atom. The maximum absolute atomic E-state index is 14.7. The van der Waals surface area contributed by atoms with Crippen LogP contribution in [0.4, 0.5) is 4.39 Å². The summed E-state index contributed by atoms with van der Waals surface area (Å²) in [5.41, 5.74) is 6.57. The summed E-state index contributed by atoms with van der Waals surface area (Å²) in [6.45, 7) is 13.6. The minimum absolute atomic E-state index is 0.0453. The summed E-state index contributed by atoms with van der Waals surface area (Å²) >= 11 is 0. The number of ether oxygens (including phenoxy) is 1. The molecule has 57 heavy (non-hydrogen) atoms. The summed E-state index contributed by atoms with van der Waals surface area (Å²) < 4.78 is 20.5. The molecule has 3 fully saturated rings. The number of unbranched alkanes of at least 4 members (excludes halogenated alkanes) is 3. The second kappa shape index (κ2) is 24.5. The molecule has 0 bridgehead atoms. The number of halogens is 1. The highest BCUT2D eigenvalue weighted by Gasteiger charge is 2.31. The molecule has 0 N–H and O–H groups in total. The molecule has 3 saturated carbocycles. The lowest BCUT2D eigenvalue weighted by molar-refractivity contribution is 0.156. The standard InChI is InChI=1S/C29H41FO.C26H42/c1-4-6-7-8-10-22(3)31-29-20-19-27(21-28(29)30)26-17-15-25(16-18-26)24-13-11-23(9-5-2)12-14-24;1-4-6-21-7-11-23(12-8-21)25-15-17-26(18-16-25)24-13-9-22(10-14-24)19-20(3)5-2/h15-24H,4-14H2,1-3H3;9-10,13-14,20-21,23,25-26H,4-8,11-12,15-19H2,1-3H3. The zero-order chi connectivity index (χ0) is 40.4. The average Bonchev–Trinajstić information content (AvgIpc) is 3.24. The van der Waals surface area contributed by atoms with Crippen molar-refractivity contribution in [1.29, 1.82) is 0 Å². The summed E-state index contributed by atoms with van der Waals surface area (Å²) in [5.74, 6) is 6.52. The fourth-order valence-corrected chi connectivity index (χ4v) is 10.8. The third kappa shape index (κ3) is 14.6. The molecular formula is C55H83FO. The molecule has 1 nitrogen and oxygen atoms in total. The molecule has 3 aromatic carbocycles. The Morgan fingerprint density at radius 1 is 0.561 bits per heavy atom. The normalized spacial score (nSPS) is 24.9. The quantitative estimate of drug-likeness (QED) is 0.117. The van der Waals surface area contributed by atoms with E-state index in [0.29, 0.717) is 11.7 Å². The van der Waals surface area contributed by atoms with E-state index in [-0.39, 0.29) is 11.9 Å². The van der Waals surface area contributed by atoms with Crippen molar-refractivity contribution in [3.05, 3.63) is 89.2 Å². The molecule has 0 heterocycles. The van der Waals surface area contributed by atoms with Gasteiger partial charge in [-0.1, -0.05) is 153 Å². The third-order valence-corrected chi connectivity index (χ3v) is 14.7. The van der Waals surface area contributed by atoms with Crippen molar-refractivity contribution in [3.8, 4) is 16.9 Å². The largest absolute Gasteiger partial charge is 0.488 e. The Balaban J connectivity index is 0.000000221. The first-order valence-electron chi connectivity index (χ1n) is 24.4. The predicted octanol–water partition coefficient (Wildman–Crippen LogP) is 17.5. The minimum Gasteiger partial charge on any atom is -0.488 e. The van der Waals surface area contributed by atoms with Crippen LogP contribution in [0.2, 0.25) is 0 Å². The fraction of sp³-hybridized carbons (Fsp3) is 0.673.